The van der Waals surface area contributed by atoms with Gasteiger partial charge in [0.25, 0.3) is 8.61 Å². The first-order valence-corrected chi connectivity index (χ1v) is 4.46. The van der Waals surface area contributed by atoms with Crippen LogP contribution in [0.5, 0.6) is 5.75 Å². The Bertz CT molecular complexity index is 255. The van der Waals surface area contributed by atoms with Crippen molar-refractivity contribution in [1.29, 1.82) is 0 Å². The predicted octanol–water partition coefficient (Wildman–Crippen LogP) is 2.09. The Labute approximate surface area is 78.3 Å². The summed E-state index contributed by atoms with van der Waals surface area (Å²) < 4.78 is 15.3. The molecule has 0 aliphatic rings. The third-order valence-electron chi connectivity index (χ3n) is 1.28. The van der Waals surface area contributed by atoms with Crippen molar-refractivity contribution < 1.29 is 14.1 Å². The number of methoxy groups -OCH3 is 1. The highest BCUT2D eigenvalue weighted by Gasteiger charge is 2.04. The molecular weight excluding hydrogens is 189 g/mol. The van der Waals surface area contributed by atoms with E-state index in [-0.39, 0.29) is 15.3 Å². The van der Waals surface area contributed by atoms with Gasteiger partial charge < -0.3 is 9.57 Å². The van der Waals surface area contributed by atoms with Gasteiger partial charge in [-0.1, -0.05) is 18.2 Å². The number of hydroxylamine groups is 1. The van der Waals surface area contributed by atoms with Gasteiger partial charge in [0.1, 0.15) is 12.5 Å². The fourth-order valence-corrected chi connectivity index (χ4v) is 1.07. The van der Waals surface area contributed by atoms with Crippen LogP contribution in [0.25, 0.3) is 0 Å². The molecule has 0 heterocycles. The van der Waals surface area contributed by atoms with Gasteiger partial charge in [-0.3, -0.25) is 4.57 Å². The Morgan fingerprint density at radius 3 is 2.62 bits per heavy atom. The van der Waals surface area contributed by atoms with E-state index in [2.05, 4.69) is 0 Å². The minimum atomic E-state index is -0.229. The second-order valence-corrected chi connectivity index (χ2v) is 2.87. The molecule has 0 unspecified atom stereocenters. The minimum Gasteiger partial charge on any atom is -0.392 e. The minimum absolute atomic E-state index is 0.153. The van der Waals surface area contributed by atoms with Crippen LogP contribution in [0.1, 0.15) is 0 Å². The molecule has 1 aromatic rings. The van der Waals surface area contributed by atoms with E-state index in [1.165, 1.54) is 7.11 Å². The molecule has 1 rings (SSSR count). The summed E-state index contributed by atoms with van der Waals surface area (Å²) in [5.74, 6) is 0.628. The van der Waals surface area contributed by atoms with Crippen LogP contribution in [0.4, 0.5) is 0 Å². The molecule has 0 aliphatic heterocycles. The van der Waals surface area contributed by atoms with Gasteiger partial charge in [-0.05, 0) is 17.0 Å². The van der Waals surface area contributed by atoms with Crippen LogP contribution in [-0.2, 0) is 9.30 Å². The van der Waals surface area contributed by atoms with Crippen molar-refractivity contribution >= 4 is 8.61 Å². The van der Waals surface area contributed by atoms with Crippen molar-refractivity contribution in [3.8, 4) is 5.75 Å². The summed E-state index contributed by atoms with van der Waals surface area (Å²) in [4.78, 5) is 6.35. The first-order valence-electron chi connectivity index (χ1n) is 3.69. The molecule has 0 N–H and O–H groups in total. The van der Waals surface area contributed by atoms with Gasteiger partial charge in [0, 0.05) is 7.11 Å². The molecule has 0 bridgehead atoms. The lowest BCUT2D eigenvalue weighted by Gasteiger charge is -2.12. The number of hydrogen-bond donors (Lipinski definition) is 0. The molecule has 0 aromatic heterocycles. The molecule has 5 heteroatoms. The molecule has 70 valence electrons. The molecule has 0 saturated heterocycles. The van der Waals surface area contributed by atoms with Crippen molar-refractivity contribution in [3.05, 3.63) is 30.3 Å². The van der Waals surface area contributed by atoms with E-state index in [4.69, 9.17) is 9.57 Å². The van der Waals surface area contributed by atoms with Crippen LogP contribution in [0, 0.1) is 0 Å². The predicted molar refractivity (Wildman–Crippen MR) is 48.4 cm³/mol. The lowest BCUT2D eigenvalue weighted by molar-refractivity contribution is -0.0456. The Morgan fingerprint density at radius 2 is 2.08 bits per heavy atom. The normalized spacial score (nSPS) is 10.6. The summed E-state index contributed by atoms with van der Waals surface area (Å²) in [5.41, 5.74) is 0. The molecule has 13 heavy (non-hydrogen) atoms. The number of para-hydroxylation sites is 1. The highest BCUT2D eigenvalue weighted by molar-refractivity contribution is 7.20. The number of rotatable bonds is 5. The molecule has 0 saturated carbocycles. The fourth-order valence-electron chi connectivity index (χ4n) is 0.780. The van der Waals surface area contributed by atoms with Gasteiger partial charge in [0.15, 0.2) is 0 Å². The average Bonchev–Trinajstić information content (AvgIpc) is 2.19. The Hall–Kier alpha value is -0.960. The van der Waals surface area contributed by atoms with E-state index < -0.39 is 0 Å². The molecule has 0 atom stereocenters. The highest BCUT2D eigenvalue weighted by atomic mass is 31.1. The topological polar surface area (TPSA) is 38.8 Å². The lowest BCUT2D eigenvalue weighted by Crippen LogP contribution is -2.19. The van der Waals surface area contributed by atoms with Crippen molar-refractivity contribution in [3.63, 3.8) is 0 Å². The van der Waals surface area contributed by atoms with Crippen LogP contribution in [0.3, 0.4) is 0 Å². The molecule has 0 spiro atoms. The van der Waals surface area contributed by atoms with Crippen LogP contribution in [0.15, 0.2) is 30.3 Å². The van der Waals surface area contributed by atoms with E-state index in [9.17, 15) is 4.57 Å². The van der Waals surface area contributed by atoms with Crippen molar-refractivity contribution in [2.45, 2.75) is 0 Å². The fraction of sp³-hybridized carbons (Fsp3) is 0.250. The molecular formula is C8H10NO3P. The quantitative estimate of drug-likeness (QED) is 0.413. The van der Waals surface area contributed by atoms with E-state index in [0.29, 0.717) is 5.75 Å². The molecule has 0 fully saturated rings. The van der Waals surface area contributed by atoms with E-state index in [1.54, 1.807) is 12.1 Å². The third-order valence-corrected chi connectivity index (χ3v) is 1.66. The second kappa shape index (κ2) is 5.65. The summed E-state index contributed by atoms with van der Waals surface area (Å²) in [5, 5.41) is 0. The first-order chi connectivity index (χ1) is 6.36. The summed E-state index contributed by atoms with van der Waals surface area (Å²) in [6.45, 7) is 0.153. The smallest absolute Gasteiger partial charge is 0.288 e. The van der Waals surface area contributed by atoms with Gasteiger partial charge in [-0.15, -0.1) is 0 Å². The van der Waals surface area contributed by atoms with Gasteiger partial charge in [-0.2, -0.15) is 0 Å². The Kier molecular flexibility index (Phi) is 4.40. The summed E-state index contributed by atoms with van der Waals surface area (Å²) in [7, 11) is 1.28. The average molecular weight is 199 g/mol. The van der Waals surface area contributed by atoms with Gasteiger partial charge in [0.2, 0.25) is 0 Å². The van der Waals surface area contributed by atoms with Crippen LogP contribution >= 0.6 is 8.61 Å². The van der Waals surface area contributed by atoms with Crippen molar-refractivity contribution in [2.24, 2.45) is 0 Å². The zero-order valence-electron chi connectivity index (χ0n) is 7.21. The molecule has 0 amide bonds. The summed E-state index contributed by atoms with van der Waals surface area (Å²) >= 11 is 0. The van der Waals surface area contributed by atoms with Crippen LogP contribution in [-0.4, -0.2) is 18.7 Å². The second-order valence-electron chi connectivity index (χ2n) is 2.26. The van der Waals surface area contributed by atoms with Gasteiger partial charge in [0.05, 0.1) is 0 Å². The van der Waals surface area contributed by atoms with E-state index in [0.717, 1.165) is 4.83 Å². The standard InChI is InChI=1S/C8H10NO3P/c1-11-7-9(13-10)12-8-5-3-2-4-6-8/h2-6H,7H2,1H3. The number of ether oxygens (including phenoxy) is 1. The molecule has 0 radical (unpaired) electrons. The van der Waals surface area contributed by atoms with Crippen LogP contribution < -0.4 is 4.84 Å². The lowest BCUT2D eigenvalue weighted by atomic mass is 10.3. The SMILES string of the molecule is COCN(Oc1ccccc1)P=O. The first kappa shape index (κ1) is 10.1. The summed E-state index contributed by atoms with van der Waals surface area (Å²) in [6.07, 6.45) is 0. The number of nitrogens with zero attached hydrogens (tertiary/aromatic N) is 1. The van der Waals surface area contributed by atoms with Crippen LogP contribution in [0.2, 0.25) is 0 Å². The third kappa shape index (κ3) is 3.51. The molecule has 1 aromatic carbocycles. The largest absolute Gasteiger partial charge is 0.392 e. The maximum absolute atomic E-state index is 10.5. The highest BCUT2D eigenvalue weighted by Crippen LogP contribution is 2.14. The maximum Gasteiger partial charge on any atom is 0.288 e. The Morgan fingerprint density at radius 1 is 1.38 bits per heavy atom. The van der Waals surface area contributed by atoms with Crippen molar-refractivity contribution in [1.82, 2.24) is 4.83 Å². The van der Waals surface area contributed by atoms with E-state index >= 15 is 0 Å². The van der Waals surface area contributed by atoms with Gasteiger partial charge in [-0.25, -0.2) is 0 Å². The zero-order chi connectivity index (χ0) is 9.52. The number of hydrogen-bond acceptors (Lipinski definition) is 3. The molecule has 4 nitrogen and oxygen atoms in total. The Balaban J connectivity index is 2.51. The monoisotopic (exact) mass is 199 g/mol. The molecule has 0 aliphatic carbocycles. The van der Waals surface area contributed by atoms with E-state index in [1.807, 2.05) is 18.2 Å². The maximum atomic E-state index is 10.5. The summed E-state index contributed by atoms with van der Waals surface area (Å²) in [6, 6.07) is 9.09. The van der Waals surface area contributed by atoms with Gasteiger partial charge >= 0.3 is 0 Å². The zero-order valence-corrected chi connectivity index (χ0v) is 8.11. The van der Waals surface area contributed by atoms with Crippen molar-refractivity contribution in [2.75, 3.05) is 13.8 Å². The number of benzene rings is 1.